The van der Waals surface area contributed by atoms with E-state index in [9.17, 15) is 14.7 Å². The van der Waals surface area contributed by atoms with Crippen LogP contribution in [-0.2, 0) is 16.1 Å². The summed E-state index contributed by atoms with van der Waals surface area (Å²) in [5.74, 6) is -1.34. The molecule has 1 aromatic rings. The van der Waals surface area contributed by atoms with Crippen LogP contribution in [0.1, 0.15) is 38.5 Å². The zero-order valence-electron chi connectivity index (χ0n) is 10.6. The van der Waals surface area contributed by atoms with Gasteiger partial charge in [-0.05, 0) is 23.3 Å². The second-order valence-corrected chi connectivity index (χ2v) is 4.86. The van der Waals surface area contributed by atoms with Gasteiger partial charge in [-0.25, -0.2) is 9.48 Å². The van der Waals surface area contributed by atoms with Gasteiger partial charge in [0.05, 0.1) is 0 Å². The third-order valence-electron chi connectivity index (χ3n) is 3.44. The molecule has 0 unspecified atom stereocenters. The molecule has 0 bridgehead atoms. The van der Waals surface area contributed by atoms with Crippen molar-refractivity contribution in [3.05, 3.63) is 6.33 Å². The minimum atomic E-state index is -1.14. The first-order valence-electron chi connectivity index (χ1n) is 6.38. The molecule has 0 radical (unpaired) electrons. The molecule has 104 valence electrons. The van der Waals surface area contributed by atoms with E-state index in [1.165, 1.54) is 11.0 Å². The third-order valence-corrected chi connectivity index (χ3v) is 3.44. The van der Waals surface area contributed by atoms with E-state index in [-0.39, 0.29) is 12.5 Å². The van der Waals surface area contributed by atoms with Gasteiger partial charge in [-0.3, -0.25) is 4.79 Å². The van der Waals surface area contributed by atoms with Gasteiger partial charge in [0.1, 0.15) is 18.4 Å². The minimum absolute atomic E-state index is 0.0674. The highest BCUT2D eigenvalue weighted by molar-refractivity contribution is 5.86. The fourth-order valence-electron chi connectivity index (χ4n) is 2.43. The lowest BCUT2D eigenvalue weighted by molar-refractivity contribution is -0.148. The number of nitrogens with one attached hydrogen (secondary N) is 1. The summed E-state index contributed by atoms with van der Waals surface area (Å²) in [5, 5.41) is 22.5. The van der Waals surface area contributed by atoms with E-state index in [1.54, 1.807) is 0 Å². The molecule has 1 aliphatic rings. The average Bonchev–Trinajstić information content (AvgIpc) is 2.73. The molecule has 0 atom stereocenters. The molecular formula is C11H17N5O3. The standard InChI is InChI=1S/C11H17N5O3/c17-9(7-16-8-12-14-15-16)13-11(10(18)19)5-3-1-2-4-6-11/h8H,1-7H2,(H,13,17)(H,18,19). The first-order chi connectivity index (χ1) is 9.12. The van der Waals surface area contributed by atoms with Crippen LogP contribution < -0.4 is 5.32 Å². The molecule has 8 nitrogen and oxygen atoms in total. The summed E-state index contributed by atoms with van der Waals surface area (Å²) in [6, 6.07) is 0. The summed E-state index contributed by atoms with van der Waals surface area (Å²) < 4.78 is 1.27. The van der Waals surface area contributed by atoms with Crippen LogP contribution in [-0.4, -0.2) is 42.7 Å². The Labute approximate surface area is 110 Å². The Morgan fingerprint density at radius 2 is 1.95 bits per heavy atom. The summed E-state index contributed by atoms with van der Waals surface area (Å²) in [5.41, 5.74) is -1.14. The van der Waals surface area contributed by atoms with Crippen molar-refractivity contribution in [2.45, 2.75) is 50.6 Å². The molecule has 2 rings (SSSR count). The van der Waals surface area contributed by atoms with Gasteiger partial charge in [0.25, 0.3) is 0 Å². The normalized spacial score (nSPS) is 18.5. The SMILES string of the molecule is O=C(Cn1cnnn1)NC1(C(=O)O)CCCCCC1. The van der Waals surface area contributed by atoms with Gasteiger partial charge in [0, 0.05) is 0 Å². The Kier molecular flexibility index (Phi) is 4.08. The van der Waals surface area contributed by atoms with Crippen molar-refractivity contribution in [3.63, 3.8) is 0 Å². The van der Waals surface area contributed by atoms with E-state index < -0.39 is 11.5 Å². The molecule has 19 heavy (non-hydrogen) atoms. The number of carboxylic acids is 1. The van der Waals surface area contributed by atoms with Crippen LogP contribution in [0, 0.1) is 0 Å². The van der Waals surface area contributed by atoms with Crippen molar-refractivity contribution in [3.8, 4) is 0 Å². The first kappa shape index (κ1) is 13.4. The molecular weight excluding hydrogens is 250 g/mol. The lowest BCUT2D eigenvalue weighted by Crippen LogP contribution is -2.55. The van der Waals surface area contributed by atoms with Crippen LogP contribution in [0.5, 0.6) is 0 Å². The van der Waals surface area contributed by atoms with Crippen LogP contribution in [0.25, 0.3) is 0 Å². The topological polar surface area (TPSA) is 110 Å². The summed E-state index contributed by atoms with van der Waals surface area (Å²) in [7, 11) is 0. The molecule has 0 saturated heterocycles. The highest BCUT2D eigenvalue weighted by Gasteiger charge is 2.39. The Balaban J connectivity index is 2.03. The number of hydrogen-bond acceptors (Lipinski definition) is 5. The smallest absolute Gasteiger partial charge is 0.329 e. The maximum absolute atomic E-state index is 11.9. The number of carbonyl (C=O) groups is 2. The number of nitrogens with zero attached hydrogens (tertiary/aromatic N) is 4. The monoisotopic (exact) mass is 267 g/mol. The molecule has 1 saturated carbocycles. The molecule has 1 heterocycles. The number of rotatable bonds is 4. The average molecular weight is 267 g/mol. The lowest BCUT2D eigenvalue weighted by atomic mass is 9.90. The number of amides is 1. The highest BCUT2D eigenvalue weighted by Crippen LogP contribution is 2.27. The van der Waals surface area contributed by atoms with E-state index in [2.05, 4.69) is 20.8 Å². The zero-order chi connectivity index (χ0) is 13.7. The molecule has 1 fully saturated rings. The summed E-state index contributed by atoms with van der Waals surface area (Å²) in [6.45, 7) is -0.0674. The van der Waals surface area contributed by atoms with Crippen LogP contribution in [0.2, 0.25) is 0 Å². The molecule has 1 aliphatic carbocycles. The van der Waals surface area contributed by atoms with Gasteiger partial charge in [0.15, 0.2) is 0 Å². The van der Waals surface area contributed by atoms with Gasteiger partial charge in [0.2, 0.25) is 5.91 Å². The fraction of sp³-hybridized carbons (Fsp3) is 0.727. The number of aromatic nitrogens is 4. The van der Waals surface area contributed by atoms with Crippen LogP contribution in [0.4, 0.5) is 0 Å². The van der Waals surface area contributed by atoms with Gasteiger partial charge < -0.3 is 10.4 Å². The second kappa shape index (κ2) is 5.77. The van der Waals surface area contributed by atoms with Crippen molar-refractivity contribution in [2.75, 3.05) is 0 Å². The molecule has 1 amide bonds. The number of aliphatic carboxylic acids is 1. The van der Waals surface area contributed by atoms with Crippen LogP contribution in [0.15, 0.2) is 6.33 Å². The van der Waals surface area contributed by atoms with Gasteiger partial charge in [-0.15, -0.1) is 5.10 Å². The quantitative estimate of drug-likeness (QED) is 0.741. The van der Waals surface area contributed by atoms with Crippen LogP contribution in [0.3, 0.4) is 0 Å². The van der Waals surface area contributed by atoms with Crippen molar-refractivity contribution in [1.29, 1.82) is 0 Å². The van der Waals surface area contributed by atoms with Gasteiger partial charge in [-0.1, -0.05) is 25.7 Å². The van der Waals surface area contributed by atoms with Crippen molar-refractivity contribution < 1.29 is 14.7 Å². The minimum Gasteiger partial charge on any atom is -0.480 e. The molecule has 0 aromatic carbocycles. The Morgan fingerprint density at radius 3 is 2.47 bits per heavy atom. The van der Waals surface area contributed by atoms with Gasteiger partial charge >= 0.3 is 5.97 Å². The van der Waals surface area contributed by atoms with E-state index in [1.807, 2.05) is 0 Å². The zero-order valence-corrected chi connectivity index (χ0v) is 10.6. The highest BCUT2D eigenvalue weighted by atomic mass is 16.4. The first-order valence-corrected chi connectivity index (χ1v) is 6.38. The Morgan fingerprint density at radius 1 is 1.26 bits per heavy atom. The van der Waals surface area contributed by atoms with Crippen molar-refractivity contribution >= 4 is 11.9 Å². The summed E-state index contributed by atoms with van der Waals surface area (Å²) in [4.78, 5) is 23.4. The van der Waals surface area contributed by atoms with E-state index >= 15 is 0 Å². The Bertz CT molecular complexity index is 437. The molecule has 8 heteroatoms. The predicted molar refractivity (Wildman–Crippen MR) is 64.0 cm³/mol. The molecule has 1 aromatic heterocycles. The van der Waals surface area contributed by atoms with E-state index in [4.69, 9.17) is 0 Å². The lowest BCUT2D eigenvalue weighted by Gasteiger charge is -2.29. The maximum atomic E-state index is 11.9. The van der Waals surface area contributed by atoms with Crippen molar-refractivity contribution in [2.24, 2.45) is 0 Å². The van der Waals surface area contributed by atoms with E-state index in [0.717, 1.165) is 25.7 Å². The Hall–Kier alpha value is -1.99. The van der Waals surface area contributed by atoms with Gasteiger partial charge in [-0.2, -0.15) is 0 Å². The summed E-state index contributed by atoms with van der Waals surface area (Å²) >= 11 is 0. The number of hydrogen-bond donors (Lipinski definition) is 2. The molecule has 0 aliphatic heterocycles. The fourth-order valence-corrected chi connectivity index (χ4v) is 2.43. The number of carboxylic acid groups (broad SMARTS) is 1. The van der Waals surface area contributed by atoms with E-state index in [0.29, 0.717) is 12.8 Å². The summed E-state index contributed by atoms with van der Waals surface area (Å²) in [6.07, 6.45) is 5.93. The predicted octanol–water partition coefficient (Wildman–Crippen LogP) is -0.0331. The maximum Gasteiger partial charge on any atom is 0.329 e. The number of carbonyl (C=O) groups excluding carboxylic acids is 1. The van der Waals surface area contributed by atoms with Crippen LogP contribution >= 0.6 is 0 Å². The molecule has 2 N–H and O–H groups in total. The largest absolute Gasteiger partial charge is 0.480 e. The molecule has 0 spiro atoms. The second-order valence-electron chi connectivity index (χ2n) is 4.86. The van der Waals surface area contributed by atoms with Crippen molar-refractivity contribution in [1.82, 2.24) is 25.5 Å². The third kappa shape index (κ3) is 3.27. The number of tetrazole rings is 1.